The molecule has 122 valence electrons. The van der Waals surface area contributed by atoms with E-state index in [-0.39, 0.29) is 5.91 Å². The van der Waals surface area contributed by atoms with Crippen molar-refractivity contribution in [3.05, 3.63) is 24.3 Å². The summed E-state index contributed by atoms with van der Waals surface area (Å²) in [6.45, 7) is 4.96. The normalized spacial score (nSPS) is 24.8. The van der Waals surface area contributed by atoms with Crippen molar-refractivity contribution in [2.45, 2.75) is 51.6 Å². The van der Waals surface area contributed by atoms with Crippen molar-refractivity contribution in [1.82, 2.24) is 0 Å². The molecule has 22 heavy (non-hydrogen) atoms. The molecule has 1 aromatic rings. The summed E-state index contributed by atoms with van der Waals surface area (Å²) in [6.07, 6.45) is 4.76. The molecule has 1 N–H and O–H groups in total. The molecule has 1 aliphatic rings. The Morgan fingerprint density at radius 2 is 2.09 bits per heavy atom. The van der Waals surface area contributed by atoms with Gasteiger partial charge in [-0.2, -0.15) is 0 Å². The minimum Gasteiger partial charge on any atom is -0.494 e. The first kappa shape index (κ1) is 16.8. The standard InChI is InChI=1S/C18H27NO3/c1-4-12-22-16-9-7-15(8-10-16)19-17(20)18(21-3)11-5-6-14(2)13-18/h7-10,14H,4-6,11-13H2,1-3H3,(H,19,20). The highest BCUT2D eigenvalue weighted by atomic mass is 16.5. The molecule has 1 aliphatic carbocycles. The van der Waals surface area contributed by atoms with Crippen molar-refractivity contribution in [2.75, 3.05) is 19.0 Å². The third-order valence-corrected chi connectivity index (χ3v) is 4.35. The SMILES string of the molecule is CCCOc1ccc(NC(=O)C2(OC)CCCC(C)C2)cc1. The van der Waals surface area contributed by atoms with Crippen LogP contribution in [0.1, 0.15) is 46.0 Å². The van der Waals surface area contributed by atoms with Gasteiger partial charge >= 0.3 is 0 Å². The van der Waals surface area contributed by atoms with E-state index >= 15 is 0 Å². The fourth-order valence-electron chi connectivity index (χ4n) is 3.09. The summed E-state index contributed by atoms with van der Waals surface area (Å²) < 4.78 is 11.2. The van der Waals surface area contributed by atoms with Crippen molar-refractivity contribution in [3.63, 3.8) is 0 Å². The van der Waals surface area contributed by atoms with Crippen LogP contribution in [0.2, 0.25) is 0 Å². The van der Waals surface area contributed by atoms with Crippen molar-refractivity contribution in [2.24, 2.45) is 5.92 Å². The Bertz CT molecular complexity index is 486. The number of hydrogen-bond acceptors (Lipinski definition) is 3. The molecular formula is C18H27NO3. The van der Waals surface area contributed by atoms with Crippen molar-refractivity contribution < 1.29 is 14.3 Å². The van der Waals surface area contributed by atoms with Gasteiger partial charge < -0.3 is 14.8 Å². The zero-order valence-corrected chi connectivity index (χ0v) is 13.9. The first-order valence-electron chi connectivity index (χ1n) is 8.19. The molecule has 2 unspecified atom stereocenters. The topological polar surface area (TPSA) is 47.6 Å². The van der Waals surface area contributed by atoms with E-state index in [9.17, 15) is 4.79 Å². The van der Waals surface area contributed by atoms with Crippen molar-refractivity contribution >= 4 is 11.6 Å². The highest BCUT2D eigenvalue weighted by Crippen LogP contribution is 2.35. The molecule has 4 heteroatoms. The predicted molar refractivity (Wildman–Crippen MR) is 88.2 cm³/mol. The molecule has 4 nitrogen and oxygen atoms in total. The zero-order chi connectivity index (χ0) is 16.0. The van der Waals surface area contributed by atoms with E-state index in [1.165, 1.54) is 6.42 Å². The van der Waals surface area contributed by atoms with Gasteiger partial charge in [-0.1, -0.05) is 20.3 Å². The number of amides is 1. The lowest BCUT2D eigenvalue weighted by atomic mass is 9.78. The average molecular weight is 305 g/mol. The van der Waals surface area contributed by atoms with Crippen LogP contribution >= 0.6 is 0 Å². The van der Waals surface area contributed by atoms with Gasteiger partial charge in [0.15, 0.2) is 0 Å². The quantitative estimate of drug-likeness (QED) is 0.864. The van der Waals surface area contributed by atoms with Crippen LogP contribution in [-0.2, 0) is 9.53 Å². The molecular weight excluding hydrogens is 278 g/mol. The van der Waals surface area contributed by atoms with Crippen molar-refractivity contribution in [1.29, 1.82) is 0 Å². The fraction of sp³-hybridized carbons (Fsp3) is 0.611. The molecule has 0 spiro atoms. The minimum absolute atomic E-state index is 0.0382. The van der Waals surface area contributed by atoms with Gasteiger partial charge in [0.25, 0.3) is 5.91 Å². The van der Waals surface area contributed by atoms with E-state index < -0.39 is 5.60 Å². The van der Waals surface area contributed by atoms with Crippen LogP contribution < -0.4 is 10.1 Å². The van der Waals surface area contributed by atoms with E-state index in [4.69, 9.17) is 9.47 Å². The lowest BCUT2D eigenvalue weighted by molar-refractivity contribution is -0.143. The molecule has 1 saturated carbocycles. The van der Waals surface area contributed by atoms with E-state index in [1.54, 1.807) is 7.11 Å². The molecule has 0 saturated heterocycles. The van der Waals surface area contributed by atoms with Gasteiger partial charge in [-0.25, -0.2) is 0 Å². The summed E-state index contributed by atoms with van der Waals surface area (Å²) in [6, 6.07) is 7.51. The lowest BCUT2D eigenvalue weighted by Crippen LogP contribution is -2.47. The number of hydrogen-bond donors (Lipinski definition) is 1. The minimum atomic E-state index is -0.685. The molecule has 1 amide bonds. The number of carbonyl (C=O) groups excluding carboxylic acids is 1. The van der Waals surface area contributed by atoms with Gasteiger partial charge in [-0.05, 0) is 55.9 Å². The van der Waals surface area contributed by atoms with E-state index in [2.05, 4.69) is 19.2 Å². The molecule has 2 rings (SSSR count). The average Bonchev–Trinajstić information content (AvgIpc) is 2.54. The maximum atomic E-state index is 12.7. The van der Waals surface area contributed by atoms with E-state index in [1.807, 2.05) is 24.3 Å². The molecule has 0 bridgehead atoms. The Kier molecular flexibility index (Phi) is 5.83. The van der Waals surface area contributed by atoms with E-state index in [0.29, 0.717) is 12.5 Å². The highest BCUT2D eigenvalue weighted by molar-refractivity contribution is 5.97. The molecule has 0 aromatic heterocycles. The van der Waals surface area contributed by atoms with Gasteiger partial charge in [0.2, 0.25) is 0 Å². The predicted octanol–water partition coefficient (Wildman–Crippen LogP) is 4.01. The molecule has 1 fully saturated rings. The second-order valence-corrected chi connectivity index (χ2v) is 6.23. The zero-order valence-electron chi connectivity index (χ0n) is 13.9. The van der Waals surface area contributed by atoms with Gasteiger partial charge in [0, 0.05) is 12.8 Å². The summed E-state index contributed by atoms with van der Waals surface area (Å²) in [5, 5.41) is 2.99. The maximum Gasteiger partial charge on any atom is 0.256 e. The summed E-state index contributed by atoms with van der Waals surface area (Å²) in [5.41, 5.74) is 0.0956. The summed E-state index contributed by atoms with van der Waals surface area (Å²) in [7, 11) is 1.64. The number of nitrogens with one attached hydrogen (secondary N) is 1. The van der Waals surface area contributed by atoms with Crippen LogP contribution in [-0.4, -0.2) is 25.2 Å². The van der Waals surface area contributed by atoms with Crippen LogP contribution in [0.5, 0.6) is 5.75 Å². The van der Waals surface area contributed by atoms with Gasteiger partial charge in [-0.15, -0.1) is 0 Å². The van der Waals surface area contributed by atoms with Crippen LogP contribution in [0.25, 0.3) is 0 Å². The smallest absolute Gasteiger partial charge is 0.256 e. The van der Waals surface area contributed by atoms with Gasteiger partial charge in [-0.3, -0.25) is 4.79 Å². The molecule has 1 aromatic carbocycles. The van der Waals surface area contributed by atoms with Gasteiger partial charge in [0.1, 0.15) is 11.4 Å². The fourth-order valence-corrected chi connectivity index (χ4v) is 3.09. The van der Waals surface area contributed by atoms with Crippen molar-refractivity contribution in [3.8, 4) is 5.75 Å². The largest absolute Gasteiger partial charge is 0.494 e. The molecule has 2 atom stereocenters. The van der Waals surface area contributed by atoms with Crippen LogP contribution in [0.15, 0.2) is 24.3 Å². The Hall–Kier alpha value is -1.55. The Labute approximate surface area is 133 Å². The summed E-state index contributed by atoms with van der Waals surface area (Å²) >= 11 is 0. The third-order valence-electron chi connectivity index (χ3n) is 4.35. The third kappa shape index (κ3) is 4.01. The number of methoxy groups -OCH3 is 1. The Morgan fingerprint density at radius 3 is 2.68 bits per heavy atom. The molecule has 0 heterocycles. The van der Waals surface area contributed by atoms with Crippen LogP contribution in [0.3, 0.4) is 0 Å². The lowest BCUT2D eigenvalue weighted by Gasteiger charge is -2.37. The first-order chi connectivity index (χ1) is 10.6. The first-order valence-corrected chi connectivity index (χ1v) is 8.19. The number of ether oxygens (including phenoxy) is 2. The second kappa shape index (κ2) is 7.63. The highest BCUT2D eigenvalue weighted by Gasteiger charge is 2.41. The Balaban J connectivity index is 2.00. The number of benzene rings is 1. The Morgan fingerprint density at radius 1 is 1.36 bits per heavy atom. The second-order valence-electron chi connectivity index (χ2n) is 6.23. The summed E-state index contributed by atoms with van der Waals surface area (Å²) in [4.78, 5) is 12.7. The molecule has 0 radical (unpaired) electrons. The van der Waals surface area contributed by atoms with E-state index in [0.717, 1.165) is 37.1 Å². The number of anilines is 1. The summed E-state index contributed by atoms with van der Waals surface area (Å²) in [5.74, 6) is 1.31. The van der Waals surface area contributed by atoms with Gasteiger partial charge in [0.05, 0.1) is 6.61 Å². The number of carbonyl (C=O) groups is 1. The monoisotopic (exact) mass is 305 g/mol. The molecule has 0 aliphatic heterocycles. The van der Waals surface area contributed by atoms with Crippen LogP contribution in [0.4, 0.5) is 5.69 Å². The number of rotatable bonds is 6. The van der Waals surface area contributed by atoms with Crippen LogP contribution in [0, 0.1) is 5.92 Å². The maximum absolute atomic E-state index is 12.7.